The number of nitrogens with zero attached hydrogens (tertiary/aromatic N) is 2. The summed E-state index contributed by atoms with van der Waals surface area (Å²) in [5, 5.41) is 26.4. The lowest BCUT2D eigenvalue weighted by atomic mass is 9.72. The lowest BCUT2D eigenvalue weighted by Crippen LogP contribution is -2.45. The first-order valence-corrected chi connectivity index (χ1v) is 15.8. The van der Waals surface area contributed by atoms with E-state index < -0.39 is 17.4 Å². The average molecular weight is 607 g/mol. The topological polar surface area (TPSA) is 115 Å². The molecule has 3 aliphatic rings. The summed E-state index contributed by atoms with van der Waals surface area (Å²) < 4.78 is 33.8. The van der Waals surface area contributed by atoms with Gasteiger partial charge in [-0.05, 0) is 87.0 Å². The van der Waals surface area contributed by atoms with Crippen molar-refractivity contribution in [1.29, 1.82) is 0 Å². The van der Waals surface area contributed by atoms with Crippen LogP contribution in [0.3, 0.4) is 0 Å². The first kappa shape index (κ1) is 28.4. The summed E-state index contributed by atoms with van der Waals surface area (Å²) in [6, 6.07) is 8.50. The molecular formula is C33H35FN2O6S. The third-order valence-electron chi connectivity index (χ3n) is 9.71. The van der Waals surface area contributed by atoms with Gasteiger partial charge in [-0.2, -0.15) is 0 Å². The fourth-order valence-electron chi connectivity index (χ4n) is 7.33. The number of aromatic carboxylic acids is 1. The number of thiazole rings is 1. The van der Waals surface area contributed by atoms with Gasteiger partial charge in [-0.25, -0.2) is 14.2 Å². The molecule has 0 spiro atoms. The first-order chi connectivity index (χ1) is 20.6. The van der Waals surface area contributed by atoms with Crippen molar-refractivity contribution in [3.63, 3.8) is 0 Å². The third kappa shape index (κ3) is 4.93. The summed E-state index contributed by atoms with van der Waals surface area (Å²) in [6.45, 7) is 6.86. The molecule has 43 heavy (non-hydrogen) atoms. The highest BCUT2D eigenvalue weighted by atomic mass is 32.1. The highest BCUT2D eigenvalue weighted by Crippen LogP contribution is 2.59. The molecule has 4 aromatic rings. The van der Waals surface area contributed by atoms with E-state index in [9.17, 15) is 19.4 Å². The molecule has 2 N–H and O–H groups in total. The largest absolute Gasteiger partial charge is 0.487 e. The molecule has 8 nitrogen and oxygen atoms in total. The van der Waals surface area contributed by atoms with Gasteiger partial charge in [0.1, 0.15) is 39.9 Å². The third-order valence-corrected chi connectivity index (χ3v) is 10.8. The highest BCUT2D eigenvalue weighted by molar-refractivity contribution is 7.18. The maximum atomic E-state index is 14.8. The number of hydrogen-bond donors (Lipinski definition) is 2. The van der Waals surface area contributed by atoms with Crippen LogP contribution in [0.5, 0.6) is 5.75 Å². The summed E-state index contributed by atoms with van der Waals surface area (Å²) in [5.74, 6) is 0.247. The van der Waals surface area contributed by atoms with Gasteiger partial charge in [0.25, 0.3) is 0 Å². The molecule has 2 bridgehead atoms. The van der Waals surface area contributed by atoms with Crippen molar-refractivity contribution in [3.8, 4) is 5.75 Å². The van der Waals surface area contributed by atoms with Gasteiger partial charge < -0.3 is 24.2 Å². The Morgan fingerprint density at radius 2 is 1.93 bits per heavy atom. The Balaban J connectivity index is 1.09. The number of para-hydroxylation sites is 1. The Labute approximate surface area is 252 Å². The molecule has 2 aromatic carbocycles. The number of fused-ring (bicyclic) bond motifs is 3. The molecule has 0 saturated heterocycles. The zero-order valence-corrected chi connectivity index (χ0v) is 25.2. The number of carboxylic acids is 1. The van der Waals surface area contributed by atoms with Crippen LogP contribution in [0.2, 0.25) is 0 Å². The molecule has 0 amide bonds. The molecule has 0 radical (unpaired) electrons. The van der Waals surface area contributed by atoms with Gasteiger partial charge in [0.2, 0.25) is 0 Å². The van der Waals surface area contributed by atoms with Crippen LogP contribution in [-0.2, 0) is 23.6 Å². The molecular weight excluding hydrogens is 571 g/mol. The lowest BCUT2D eigenvalue weighted by Gasteiger charge is -2.41. The summed E-state index contributed by atoms with van der Waals surface area (Å²) in [4.78, 5) is 16.0. The highest BCUT2D eigenvalue weighted by Gasteiger charge is 2.59. The van der Waals surface area contributed by atoms with Crippen LogP contribution in [0.15, 0.2) is 34.9 Å². The van der Waals surface area contributed by atoms with Crippen LogP contribution in [-0.4, -0.2) is 32.4 Å². The summed E-state index contributed by atoms with van der Waals surface area (Å²) in [7, 11) is 0. The van der Waals surface area contributed by atoms with Crippen molar-refractivity contribution in [1.82, 2.24) is 10.1 Å². The van der Waals surface area contributed by atoms with E-state index in [4.69, 9.17) is 14.0 Å². The minimum Gasteiger partial charge on any atom is -0.487 e. The second kappa shape index (κ2) is 10.7. The number of aromatic nitrogens is 2. The molecule has 7 rings (SSSR count). The minimum absolute atomic E-state index is 0.0701. The number of ether oxygens (including phenoxy) is 2. The van der Waals surface area contributed by atoms with Crippen molar-refractivity contribution in [2.45, 2.75) is 83.7 Å². The molecule has 226 valence electrons. The Hall–Kier alpha value is -3.34. The first-order valence-electron chi connectivity index (χ1n) is 15.0. The van der Waals surface area contributed by atoms with Gasteiger partial charge in [0.15, 0.2) is 5.82 Å². The monoisotopic (exact) mass is 606 g/mol. The molecule has 2 aromatic heterocycles. The number of rotatable bonds is 9. The number of aliphatic hydroxyl groups is 1. The molecule has 5 atom stereocenters. The zero-order chi connectivity index (χ0) is 30.0. The normalized spacial score (nSPS) is 26.7. The van der Waals surface area contributed by atoms with E-state index >= 15 is 0 Å². The van der Waals surface area contributed by atoms with Crippen molar-refractivity contribution in [2.75, 3.05) is 0 Å². The van der Waals surface area contributed by atoms with Crippen molar-refractivity contribution in [3.05, 3.63) is 74.9 Å². The standard InChI is InChI=1S/C33H35FN2O6S/c1-16-5-4-6-17(2)29(16)41-15-26-23(30(42-36-26)19-7-8-19)14-40-22-12-21-9-18(3)24(13-22)33(21,39)32-35-28-25(34)10-20(31(37)38)11-27(28)43-32/h4-6,10-11,18-19,21-22,24,39H,7-9,12-15H2,1-3H3,(H,37,38)/t18-,21?,22+,24+,33-/m0/s1. The van der Waals surface area contributed by atoms with Crippen molar-refractivity contribution < 1.29 is 33.4 Å². The molecule has 3 fully saturated rings. The van der Waals surface area contributed by atoms with Gasteiger partial charge in [-0.3, -0.25) is 0 Å². The number of carbonyl (C=O) groups is 1. The van der Waals surface area contributed by atoms with Gasteiger partial charge in [-0.1, -0.05) is 30.3 Å². The van der Waals surface area contributed by atoms with Crippen LogP contribution in [0.25, 0.3) is 10.2 Å². The SMILES string of the molecule is Cc1cccc(C)c1OCc1noc(C2CC2)c1CO[C@@H]1CC2C[C@H](C)[C@@H](C1)[C@]2(O)c1nc2c(F)cc(C(=O)O)cc2s1. The smallest absolute Gasteiger partial charge is 0.335 e. The Morgan fingerprint density at radius 1 is 1.16 bits per heavy atom. The average Bonchev–Trinajstić information content (AvgIpc) is 3.55. The molecule has 1 unspecified atom stereocenters. The van der Waals surface area contributed by atoms with Gasteiger partial charge in [-0.15, -0.1) is 11.3 Å². The second-order valence-corrected chi connectivity index (χ2v) is 13.7. The fraction of sp³-hybridized carbons (Fsp3) is 0.485. The number of benzene rings is 2. The summed E-state index contributed by atoms with van der Waals surface area (Å²) >= 11 is 1.19. The van der Waals surface area contributed by atoms with Crippen LogP contribution in [0.1, 0.15) is 88.5 Å². The van der Waals surface area contributed by atoms with Gasteiger partial charge in [0.05, 0.1) is 23.0 Å². The van der Waals surface area contributed by atoms with E-state index in [0.717, 1.165) is 59.2 Å². The predicted molar refractivity (Wildman–Crippen MR) is 158 cm³/mol. The number of hydrogen-bond acceptors (Lipinski definition) is 8. The zero-order valence-electron chi connectivity index (χ0n) is 24.4. The van der Waals surface area contributed by atoms with Crippen LogP contribution < -0.4 is 4.74 Å². The number of halogens is 1. The Morgan fingerprint density at radius 3 is 2.63 bits per heavy atom. The van der Waals surface area contributed by atoms with Crippen molar-refractivity contribution >= 4 is 27.5 Å². The summed E-state index contributed by atoms with van der Waals surface area (Å²) in [6.07, 6.45) is 4.19. The number of aryl methyl sites for hydroxylation is 2. The second-order valence-electron chi connectivity index (χ2n) is 12.6. The number of carboxylic acid groups (broad SMARTS) is 1. The predicted octanol–water partition coefficient (Wildman–Crippen LogP) is 7.03. The molecule has 0 aliphatic heterocycles. The molecule has 3 aliphatic carbocycles. The van der Waals surface area contributed by atoms with Gasteiger partial charge in [0, 0.05) is 11.5 Å². The summed E-state index contributed by atoms with van der Waals surface area (Å²) in [5.41, 5.74) is 2.64. The van der Waals surface area contributed by atoms with Crippen LogP contribution in [0, 0.1) is 37.4 Å². The van der Waals surface area contributed by atoms with Crippen LogP contribution >= 0.6 is 11.3 Å². The van der Waals surface area contributed by atoms with E-state index in [2.05, 4.69) is 17.1 Å². The Bertz CT molecular complexity index is 1690. The van der Waals surface area contributed by atoms with Crippen LogP contribution in [0.4, 0.5) is 4.39 Å². The molecule has 2 heterocycles. The lowest BCUT2D eigenvalue weighted by molar-refractivity contribution is -0.120. The maximum absolute atomic E-state index is 14.8. The molecule has 3 saturated carbocycles. The van der Waals surface area contributed by atoms with E-state index in [-0.39, 0.29) is 34.9 Å². The fourth-order valence-corrected chi connectivity index (χ4v) is 8.58. The van der Waals surface area contributed by atoms with E-state index in [1.165, 1.54) is 17.4 Å². The Kier molecular flexibility index (Phi) is 7.06. The maximum Gasteiger partial charge on any atom is 0.335 e. The van der Waals surface area contributed by atoms with E-state index in [1.54, 1.807) is 0 Å². The van der Waals surface area contributed by atoms with E-state index in [0.29, 0.717) is 41.7 Å². The molecule has 10 heteroatoms. The minimum atomic E-state index is -1.21. The van der Waals surface area contributed by atoms with E-state index in [1.807, 2.05) is 32.0 Å². The quantitative estimate of drug-likeness (QED) is 0.209. The van der Waals surface area contributed by atoms with Gasteiger partial charge >= 0.3 is 5.97 Å². The van der Waals surface area contributed by atoms with Crippen molar-refractivity contribution in [2.24, 2.45) is 17.8 Å².